The third-order valence-electron chi connectivity index (χ3n) is 4.49. The molecule has 0 aromatic heterocycles. The lowest BCUT2D eigenvalue weighted by Gasteiger charge is -2.40. The maximum atomic E-state index is 12.2. The van der Waals surface area contributed by atoms with Crippen LogP contribution in [0.5, 0.6) is 5.75 Å². The lowest BCUT2D eigenvalue weighted by Crippen LogP contribution is -2.55. The molecular formula is C20H30N2O5. The van der Waals surface area contributed by atoms with Crippen LogP contribution in [-0.4, -0.2) is 71.4 Å². The summed E-state index contributed by atoms with van der Waals surface area (Å²) < 4.78 is 11.2. The van der Waals surface area contributed by atoms with Crippen molar-refractivity contribution in [1.29, 1.82) is 0 Å². The van der Waals surface area contributed by atoms with Gasteiger partial charge >= 0.3 is 12.1 Å². The predicted molar refractivity (Wildman–Crippen MR) is 102 cm³/mol. The monoisotopic (exact) mass is 378 g/mol. The van der Waals surface area contributed by atoms with Crippen molar-refractivity contribution in [2.45, 2.75) is 46.3 Å². The van der Waals surface area contributed by atoms with Crippen LogP contribution in [0, 0.1) is 6.92 Å². The van der Waals surface area contributed by atoms with E-state index in [2.05, 4.69) is 11.8 Å². The van der Waals surface area contributed by atoms with Gasteiger partial charge < -0.3 is 19.5 Å². The van der Waals surface area contributed by atoms with Gasteiger partial charge in [0.1, 0.15) is 18.0 Å². The van der Waals surface area contributed by atoms with Crippen LogP contribution in [-0.2, 0) is 4.74 Å². The first-order chi connectivity index (χ1) is 12.6. The number of hydrogen-bond donors (Lipinski definition) is 1. The molecule has 1 amide bonds. The number of carboxylic acid groups (broad SMARTS) is 1. The number of carbonyl (C=O) groups is 2. The summed E-state index contributed by atoms with van der Waals surface area (Å²) in [5.41, 5.74) is 0.480. The molecule has 7 heteroatoms. The van der Waals surface area contributed by atoms with Crippen molar-refractivity contribution in [1.82, 2.24) is 9.80 Å². The zero-order valence-electron chi connectivity index (χ0n) is 16.8. The first-order valence-corrected chi connectivity index (χ1v) is 9.25. The first-order valence-electron chi connectivity index (χ1n) is 9.25. The summed E-state index contributed by atoms with van der Waals surface area (Å²) in [5, 5.41) is 9.07. The summed E-state index contributed by atoms with van der Waals surface area (Å²) in [6, 6.07) is 5.20. The molecule has 7 nitrogen and oxygen atoms in total. The molecule has 0 saturated carbocycles. The van der Waals surface area contributed by atoms with Gasteiger partial charge in [-0.1, -0.05) is 0 Å². The standard InChI is InChI=1S/C20H30N2O5/c1-14-12-16(6-7-17(14)18(23)24)26-11-10-21-8-9-22(13-15(21)2)19(25)27-20(3,4)5/h6-7,12,15H,8-11,13H2,1-5H3,(H,23,24). The van der Waals surface area contributed by atoms with Crippen molar-refractivity contribution in [3.63, 3.8) is 0 Å². The van der Waals surface area contributed by atoms with Crippen molar-refractivity contribution in [3.05, 3.63) is 29.3 Å². The molecule has 1 aromatic rings. The highest BCUT2D eigenvalue weighted by Gasteiger charge is 2.29. The summed E-state index contributed by atoms with van der Waals surface area (Å²) >= 11 is 0. The van der Waals surface area contributed by atoms with Crippen molar-refractivity contribution < 1.29 is 24.2 Å². The van der Waals surface area contributed by atoms with Crippen molar-refractivity contribution >= 4 is 12.1 Å². The number of rotatable bonds is 5. The van der Waals surface area contributed by atoms with E-state index in [0.29, 0.717) is 31.0 Å². The predicted octanol–water partition coefficient (Wildman–Crippen LogP) is 3.01. The number of carbonyl (C=O) groups excluding carboxylic acids is 1. The Labute approximate surface area is 160 Å². The van der Waals surface area contributed by atoms with E-state index in [0.717, 1.165) is 13.1 Å². The lowest BCUT2D eigenvalue weighted by atomic mass is 10.1. The van der Waals surface area contributed by atoms with Crippen molar-refractivity contribution in [2.24, 2.45) is 0 Å². The number of nitrogens with zero attached hydrogens (tertiary/aromatic N) is 2. The van der Waals surface area contributed by atoms with Gasteiger partial charge in [0, 0.05) is 32.2 Å². The van der Waals surface area contributed by atoms with Crippen molar-refractivity contribution in [2.75, 3.05) is 32.8 Å². The van der Waals surface area contributed by atoms with Gasteiger partial charge in [-0.2, -0.15) is 0 Å². The van der Waals surface area contributed by atoms with E-state index in [-0.39, 0.29) is 17.7 Å². The number of aryl methyl sites for hydroxylation is 1. The second-order valence-electron chi connectivity index (χ2n) is 7.94. The normalized spacial score (nSPS) is 18.3. The third-order valence-corrected chi connectivity index (χ3v) is 4.49. The minimum absolute atomic E-state index is 0.214. The highest BCUT2D eigenvalue weighted by Crippen LogP contribution is 2.18. The van der Waals surface area contributed by atoms with Crippen LogP contribution in [0.4, 0.5) is 4.79 Å². The Morgan fingerprint density at radius 3 is 2.52 bits per heavy atom. The van der Waals surface area contributed by atoms with E-state index < -0.39 is 11.6 Å². The second kappa shape index (κ2) is 8.61. The molecule has 2 rings (SSSR count). The van der Waals surface area contributed by atoms with Gasteiger partial charge in [0.25, 0.3) is 0 Å². The summed E-state index contributed by atoms with van der Waals surface area (Å²) in [6.45, 7) is 12.7. The maximum absolute atomic E-state index is 12.2. The van der Waals surface area contributed by atoms with E-state index in [1.807, 2.05) is 20.8 Å². The Morgan fingerprint density at radius 1 is 1.26 bits per heavy atom. The molecule has 0 spiro atoms. The highest BCUT2D eigenvalue weighted by atomic mass is 16.6. The van der Waals surface area contributed by atoms with E-state index >= 15 is 0 Å². The van der Waals surface area contributed by atoms with Crippen LogP contribution >= 0.6 is 0 Å². The van der Waals surface area contributed by atoms with E-state index in [1.54, 1.807) is 30.0 Å². The Hall–Kier alpha value is -2.28. The summed E-state index contributed by atoms with van der Waals surface area (Å²) in [5.74, 6) is -0.270. The quantitative estimate of drug-likeness (QED) is 0.848. The SMILES string of the molecule is Cc1cc(OCCN2CCN(C(=O)OC(C)(C)C)CC2C)ccc1C(=O)O. The Balaban J connectivity index is 1.80. The Morgan fingerprint density at radius 2 is 1.96 bits per heavy atom. The van der Waals surface area contributed by atoms with E-state index in [9.17, 15) is 9.59 Å². The number of ether oxygens (including phenoxy) is 2. The second-order valence-corrected chi connectivity index (χ2v) is 7.94. The fourth-order valence-corrected chi connectivity index (χ4v) is 3.07. The average molecular weight is 378 g/mol. The molecule has 1 unspecified atom stereocenters. The van der Waals surface area contributed by atoms with Crippen LogP contribution in [0.1, 0.15) is 43.6 Å². The zero-order valence-corrected chi connectivity index (χ0v) is 16.8. The molecule has 1 heterocycles. The number of carboxylic acids is 1. The van der Waals surface area contributed by atoms with Gasteiger partial charge in [-0.3, -0.25) is 4.90 Å². The van der Waals surface area contributed by atoms with Crippen LogP contribution in [0.3, 0.4) is 0 Å². The molecule has 1 saturated heterocycles. The lowest BCUT2D eigenvalue weighted by molar-refractivity contribution is 0.00429. The minimum Gasteiger partial charge on any atom is -0.492 e. The maximum Gasteiger partial charge on any atom is 0.410 e. The fraction of sp³-hybridized carbons (Fsp3) is 0.600. The average Bonchev–Trinajstić information content (AvgIpc) is 2.54. The van der Waals surface area contributed by atoms with Crippen LogP contribution < -0.4 is 4.74 Å². The van der Waals surface area contributed by atoms with Crippen molar-refractivity contribution in [3.8, 4) is 5.75 Å². The number of benzene rings is 1. The summed E-state index contributed by atoms with van der Waals surface area (Å²) in [6.07, 6.45) is -0.265. The largest absolute Gasteiger partial charge is 0.492 e. The molecule has 0 radical (unpaired) electrons. The number of aromatic carboxylic acids is 1. The summed E-state index contributed by atoms with van der Waals surface area (Å²) in [4.78, 5) is 27.3. The van der Waals surface area contributed by atoms with Gasteiger partial charge in [0.2, 0.25) is 0 Å². The molecule has 1 atom stereocenters. The van der Waals surface area contributed by atoms with E-state index in [1.165, 1.54) is 0 Å². The first kappa shape index (κ1) is 21.0. The van der Waals surface area contributed by atoms with Gasteiger partial charge in [-0.15, -0.1) is 0 Å². The molecule has 27 heavy (non-hydrogen) atoms. The third kappa shape index (κ3) is 6.13. The number of piperazine rings is 1. The number of hydrogen-bond acceptors (Lipinski definition) is 5. The van der Waals surface area contributed by atoms with Crippen LogP contribution in [0.15, 0.2) is 18.2 Å². The van der Waals surface area contributed by atoms with Crippen LogP contribution in [0.2, 0.25) is 0 Å². The molecule has 150 valence electrons. The molecule has 1 aromatic carbocycles. The van der Waals surface area contributed by atoms with Gasteiger partial charge in [0.05, 0.1) is 5.56 Å². The smallest absolute Gasteiger partial charge is 0.410 e. The minimum atomic E-state index is -0.935. The Bertz CT molecular complexity index is 683. The summed E-state index contributed by atoms with van der Waals surface area (Å²) in [7, 11) is 0. The molecule has 1 N–H and O–H groups in total. The Kier molecular flexibility index (Phi) is 6.70. The molecule has 0 aliphatic carbocycles. The molecule has 0 bridgehead atoms. The molecule has 1 fully saturated rings. The van der Waals surface area contributed by atoms with Gasteiger partial charge in [-0.05, 0) is 58.4 Å². The van der Waals surface area contributed by atoms with Gasteiger partial charge in [0.15, 0.2) is 0 Å². The fourth-order valence-electron chi connectivity index (χ4n) is 3.07. The van der Waals surface area contributed by atoms with Gasteiger partial charge in [-0.25, -0.2) is 9.59 Å². The molecule has 1 aliphatic rings. The van der Waals surface area contributed by atoms with E-state index in [4.69, 9.17) is 14.6 Å². The molecular weight excluding hydrogens is 348 g/mol. The topological polar surface area (TPSA) is 79.3 Å². The highest BCUT2D eigenvalue weighted by molar-refractivity contribution is 5.89. The number of amides is 1. The zero-order chi connectivity index (χ0) is 20.2. The molecule has 1 aliphatic heterocycles. The van der Waals surface area contributed by atoms with Crippen LogP contribution in [0.25, 0.3) is 0 Å².